The molecule has 0 saturated heterocycles. The molecule has 7 heteroatoms. The van der Waals surface area contributed by atoms with Crippen molar-refractivity contribution in [3.63, 3.8) is 0 Å². The van der Waals surface area contributed by atoms with Gasteiger partial charge in [0.05, 0.1) is 6.61 Å². The van der Waals surface area contributed by atoms with Crippen molar-refractivity contribution in [1.29, 1.82) is 0 Å². The van der Waals surface area contributed by atoms with Crippen molar-refractivity contribution in [2.45, 2.75) is 33.2 Å². The predicted octanol–water partition coefficient (Wildman–Crippen LogP) is 3.74. The van der Waals surface area contributed by atoms with Crippen LogP contribution in [0, 0.1) is 0 Å². The number of ether oxygens (including phenoxy) is 1. The molecule has 0 bridgehead atoms. The Bertz CT molecular complexity index is 858. The van der Waals surface area contributed by atoms with Crippen molar-refractivity contribution in [1.82, 2.24) is 10.6 Å². The highest BCUT2D eigenvalue weighted by molar-refractivity contribution is 7.80. The maximum absolute atomic E-state index is 12.3. The number of nitrogens with one attached hydrogen (secondary N) is 3. The van der Waals surface area contributed by atoms with Gasteiger partial charge in [-0.25, -0.2) is 0 Å². The molecule has 2 rings (SSSR count). The molecule has 0 radical (unpaired) electrons. The molecule has 6 nitrogen and oxygen atoms in total. The smallest absolute Gasteiger partial charge is 0.257 e. The number of carbonyl (C=O) groups is 2. The van der Waals surface area contributed by atoms with Gasteiger partial charge in [-0.05, 0) is 82.4 Å². The van der Waals surface area contributed by atoms with Crippen LogP contribution in [0.4, 0.5) is 5.69 Å². The summed E-state index contributed by atoms with van der Waals surface area (Å²) in [7, 11) is 0. The second kappa shape index (κ2) is 9.32. The number of rotatable bonds is 5. The van der Waals surface area contributed by atoms with E-state index in [9.17, 15) is 9.59 Å². The monoisotopic (exact) mass is 399 g/mol. The van der Waals surface area contributed by atoms with E-state index in [4.69, 9.17) is 17.0 Å². The molecule has 0 aromatic heterocycles. The first-order chi connectivity index (χ1) is 13.2. The minimum absolute atomic E-state index is 0.149. The molecule has 2 aromatic rings. The Hall–Kier alpha value is -2.93. The Morgan fingerprint density at radius 3 is 2.29 bits per heavy atom. The average molecular weight is 400 g/mol. The second-order valence-corrected chi connectivity index (χ2v) is 7.56. The zero-order chi connectivity index (χ0) is 20.7. The normalized spacial score (nSPS) is 10.7. The molecule has 0 heterocycles. The van der Waals surface area contributed by atoms with Gasteiger partial charge < -0.3 is 15.4 Å². The second-order valence-electron chi connectivity index (χ2n) is 7.15. The summed E-state index contributed by atoms with van der Waals surface area (Å²) < 4.78 is 5.40. The number of carbonyl (C=O) groups excluding carboxylic acids is 2. The summed E-state index contributed by atoms with van der Waals surface area (Å²) in [6.45, 7) is 8.17. The largest absolute Gasteiger partial charge is 0.494 e. The van der Waals surface area contributed by atoms with E-state index in [2.05, 4.69) is 16.0 Å². The van der Waals surface area contributed by atoms with Crippen molar-refractivity contribution in [3.8, 4) is 5.75 Å². The van der Waals surface area contributed by atoms with Gasteiger partial charge in [0, 0.05) is 22.4 Å². The van der Waals surface area contributed by atoms with Crippen molar-refractivity contribution in [3.05, 3.63) is 59.7 Å². The van der Waals surface area contributed by atoms with E-state index in [0.717, 1.165) is 0 Å². The van der Waals surface area contributed by atoms with E-state index in [0.29, 0.717) is 29.2 Å². The predicted molar refractivity (Wildman–Crippen MR) is 115 cm³/mol. The maximum atomic E-state index is 12.3. The lowest BCUT2D eigenvalue weighted by atomic mass is 10.1. The quantitative estimate of drug-likeness (QED) is 0.668. The van der Waals surface area contributed by atoms with Crippen LogP contribution in [0.2, 0.25) is 0 Å². The maximum Gasteiger partial charge on any atom is 0.257 e. The lowest BCUT2D eigenvalue weighted by Gasteiger charge is -2.20. The minimum Gasteiger partial charge on any atom is -0.494 e. The lowest BCUT2D eigenvalue weighted by molar-refractivity contribution is 0.0918. The third-order valence-corrected chi connectivity index (χ3v) is 3.73. The van der Waals surface area contributed by atoms with Gasteiger partial charge in [0.1, 0.15) is 5.75 Å². The van der Waals surface area contributed by atoms with Crippen LogP contribution in [0.1, 0.15) is 48.4 Å². The Kier molecular flexibility index (Phi) is 7.12. The van der Waals surface area contributed by atoms with Gasteiger partial charge in [-0.2, -0.15) is 0 Å². The van der Waals surface area contributed by atoms with Crippen LogP contribution in [0.15, 0.2) is 48.5 Å². The highest BCUT2D eigenvalue weighted by Gasteiger charge is 2.15. The summed E-state index contributed by atoms with van der Waals surface area (Å²) in [6.07, 6.45) is 0. The Morgan fingerprint density at radius 2 is 1.68 bits per heavy atom. The van der Waals surface area contributed by atoms with Gasteiger partial charge in [-0.3, -0.25) is 14.9 Å². The van der Waals surface area contributed by atoms with Gasteiger partial charge in [-0.1, -0.05) is 6.07 Å². The highest BCUT2D eigenvalue weighted by atomic mass is 32.1. The molecule has 0 aliphatic rings. The standard InChI is InChI=1S/C21H25N3O3S/c1-5-27-17-8-6-7-15(13-17)18(25)23-20(28)22-16-11-9-14(10-12-16)19(26)24-21(2,3)4/h6-13H,5H2,1-4H3,(H,24,26)(H2,22,23,25,28). The van der Waals surface area contributed by atoms with Crippen molar-refractivity contribution in [2.24, 2.45) is 0 Å². The van der Waals surface area contributed by atoms with Crippen LogP contribution < -0.4 is 20.7 Å². The van der Waals surface area contributed by atoms with Crippen molar-refractivity contribution < 1.29 is 14.3 Å². The van der Waals surface area contributed by atoms with Gasteiger partial charge >= 0.3 is 0 Å². The molecule has 0 aliphatic carbocycles. The van der Waals surface area contributed by atoms with E-state index in [1.807, 2.05) is 27.7 Å². The van der Waals surface area contributed by atoms with Crippen LogP contribution in [-0.2, 0) is 0 Å². The summed E-state index contributed by atoms with van der Waals surface area (Å²) >= 11 is 5.20. The van der Waals surface area contributed by atoms with Crippen LogP contribution in [0.3, 0.4) is 0 Å². The topological polar surface area (TPSA) is 79.5 Å². The Balaban J connectivity index is 1.95. The van der Waals surface area contributed by atoms with Crippen LogP contribution in [0.25, 0.3) is 0 Å². The fourth-order valence-electron chi connectivity index (χ4n) is 2.35. The molecule has 0 aliphatic heterocycles. The van der Waals surface area contributed by atoms with Gasteiger partial charge in [0.25, 0.3) is 11.8 Å². The minimum atomic E-state index is -0.333. The first-order valence-corrected chi connectivity index (χ1v) is 9.36. The Labute approximate surface area is 170 Å². The molecule has 0 saturated carbocycles. The van der Waals surface area contributed by atoms with E-state index in [-0.39, 0.29) is 22.5 Å². The summed E-state index contributed by atoms with van der Waals surface area (Å²) in [6, 6.07) is 13.7. The molecule has 148 valence electrons. The lowest BCUT2D eigenvalue weighted by Crippen LogP contribution is -2.40. The summed E-state index contributed by atoms with van der Waals surface area (Å²) in [4.78, 5) is 24.5. The molecule has 0 fully saturated rings. The first-order valence-electron chi connectivity index (χ1n) is 8.96. The first kappa shape index (κ1) is 21.4. The third kappa shape index (κ3) is 6.66. The number of anilines is 1. The average Bonchev–Trinajstić information content (AvgIpc) is 2.61. The molecule has 0 spiro atoms. The van der Waals surface area contributed by atoms with E-state index in [1.165, 1.54) is 0 Å². The van der Waals surface area contributed by atoms with Crippen LogP contribution in [-0.4, -0.2) is 29.1 Å². The van der Waals surface area contributed by atoms with Crippen molar-refractivity contribution in [2.75, 3.05) is 11.9 Å². The number of hydrogen-bond acceptors (Lipinski definition) is 4. The number of amides is 2. The molecule has 0 unspecified atom stereocenters. The summed E-state index contributed by atoms with van der Waals surface area (Å²) in [5.41, 5.74) is 1.35. The van der Waals surface area contributed by atoms with E-state index < -0.39 is 0 Å². The van der Waals surface area contributed by atoms with E-state index >= 15 is 0 Å². The van der Waals surface area contributed by atoms with Crippen LogP contribution >= 0.6 is 12.2 Å². The van der Waals surface area contributed by atoms with Crippen molar-refractivity contribution >= 4 is 34.8 Å². The summed E-state index contributed by atoms with van der Waals surface area (Å²) in [5, 5.41) is 8.63. The zero-order valence-corrected chi connectivity index (χ0v) is 17.3. The zero-order valence-electron chi connectivity index (χ0n) is 16.5. The summed E-state index contributed by atoms with van der Waals surface area (Å²) in [5.74, 6) is 0.141. The molecule has 2 amide bonds. The van der Waals surface area contributed by atoms with Crippen LogP contribution in [0.5, 0.6) is 5.75 Å². The fraction of sp³-hybridized carbons (Fsp3) is 0.286. The molecule has 2 aromatic carbocycles. The Morgan fingerprint density at radius 1 is 1.00 bits per heavy atom. The van der Waals surface area contributed by atoms with E-state index in [1.54, 1.807) is 48.5 Å². The number of benzene rings is 2. The van der Waals surface area contributed by atoms with Gasteiger partial charge in [0.2, 0.25) is 0 Å². The van der Waals surface area contributed by atoms with Gasteiger partial charge in [-0.15, -0.1) is 0 Å². The molecule has 0 atom stereocenters. The highest BCUT2D eigenvalue weighted by Crippen LogP contribution is 2.14. The SMILES string of the molecule is CCOc1cccc(C(=O)NC(=S)Nc2ccc(C(=O)NC(C)(C)C)cc2)c1. The molecule has 28 heavy (non-hydrogen) atoms. The molecular weight excluding hydrogens is 374 g/mol. The number of thiocarbonyl (C=S) groups is 1. The van der Waals surface area contributed by atoms with Gasteiger partial charge in [0.15, 0.2) is 5.11 Å². The fourth-order valence-corrected chi connectivity index (χ4v) is 2.56. The third-order valence-electron chi connectivity index (χ3n) is 3.53. The molecular formula is C21H25N3O3S. The number of hydrogen-bond donors (Lipinski definition) is 3. The molecule has 3 N–H and O–H groups in total.